The monoisotopic (exact) mass is 231 g/mol. The molecule has 0 unspecified atom stereocenters. The Morgan fingerprint density at radius 2 is 1.71 bits per heavy atom. The Morgan fingerprint density at radius 3 is 2.35 bits per heavy atom. The third kappa shape index (κ3) is 4.16. The summed E-state index contributed by atoms with van der Waals surface area (Å²) in [6.45, 7) is 4.75. The van der Waals surface area contributed by atoms with E-state index in [2.05, 4.69) is 49.2 Å². The van der Waals surface area contributed by atoms with E-state index < -0.39 is 0 Å². The Labute approximate surface area is 106 Å². The molecule has 1 nitrogen and oxygen atoms in total. The average Bonchev–Trinajstić information content (AvgIpc) is 2.33. The van der Waals surface area contributed by atoms with E-state index >= 15 is 0 Å². The van der Waals surface area contributed by atoms with E-state index in [1.807, 2.05) is 0 Å². The molecule has 0 amide bonds. The van der Waals surface area contributed by atoms with E-state index in [1.54, 1.807) is 0 Å². The van der Waals surface area contributed by atoms with Crippen molar-refractivity contribution in [2.45, 2.75) is 39.2 Å². The maximum Gasteiger partial charge on any atom is 0.0230 e. The second-order valence-corrected chi connectivity index (χ2v) is 5.81. The molecule has 1 saturated carbocycles. The van der Waals surface area contributed by atoms with Crippen molar-refractivity contribution in [1.29, 1.82) is 0 Å². The molecule has 1 aliphatic carbocycles. The molecule has 1 aromatic rings. The third-order valence-corrected chi connectivity index (χ3v) is 4.00. The molecule has 0 heterocycles. The minimum atomic E-state index is 0.930. The number of hydrogen-bond donors (Lipinski definition) is 0. The Morgan fingerprint density at radius 1 is 1.06 bits per heavy atom. The van der Waals surface area contributed by atoms with E-state index in [0.717, 1.165) is 18.4 Å². The number of hydrogen-bond acceptors (Lipinski definition) is 1. The number of benzene rings is 1. The summed E-state index contributed by atoms with van der Waals surface area (Å²) in [5.41, 5.74) is 1.43. The van der Waals surface area contributed by atoms with Gasteiger partial charge in [0.1, 0.15) is 0 Å². The summed E-state index contributed by atoms with van der Waals surface area (Å²) in [4.78, 5) is 2.48. The van der Waals surface area contributed by atoms with Crippen LogP contribution in [0.15, 0.2) is 30.3 Å². The lowest BCUT2D eigenvalue weighted by Gasteiger charge is -2.29. The van der Waals surface area contributed by atoms with Crippen LogP contribution in [0.1, 0.15) is 38.2 Å². The van der Waals surface area contributed by atoms with Crippen molar-refractivity contribution in [1.82, 2.24) is 4.90 Å². The van der Waals surface area contributed by atoms with Crippen molar-refractivity contribution in [3.8, 4) is 0 Å². The largest absolute Gasteiger partial charge is 0.302 e. The maximum atomic E-state index is 2.48. The van der Waals surface area contributed by atoms with E-state index in [4.69, 9.17) is 0 Å². The predicted octanol–water partition coefficient (Wildman–Crippen LogP) is 3.94. The lowest BCUT2D eigenvalue weighted by atomic mass is 9.83. The lowest BCUT2D eigenvalue weighted by Crippen LogP contribution is -2.27. The highest BCUT2D eigenvalue weighted by atomic mass is 15.1. The molecular formula is C16H25N. The summed E-state index contributed by atoms with van der Waals surface area (Å²) in [6.07, 6.45) is 5.73. The fourth-order valence-corrected chi connectivity index (χ4v) is 2.91. The van der Waals surface area contributed by atoms with Crippen molar-refractivity contribution in [2.75, 3.05) is 13.6 Å². The molecule has 94 valence electrons. The van der Waals surface area contributed by atoms with Crippen molar-refractivity contribution in [3.63, 3.8) is 0 Å². The average molecular weight is 231 g/mol. The van der Waals surface area contributed by atoms with Crippen molar-refractivity contribution in [2.24, 2.45) is 11.8 Å². The molecule has 0 aromatic heterocycles. The Balaban J connectivity index is 1.76. The van der Waals surface area contributed by atoms with Gasteiger partial charge in [0.15, 0.2) is 0 Å². The fraction of sp³-hybridized carbons (Fsp3) is 0.625. The van der Waals surface area contributed by atoms with Crippen LogP contribution in [0.4, 0.5) is 0 Å². The van der Waals surface area contributed by atoms with Gasteiger partial charge >= 0.3 is 0 Å². The lowest BCUT2D eigenvalue weighted by molar-refractivity contribution is 0.205. The smallest absolute Gasteiger partial charge is 0.0230 e. The summed E-state index contributed by atoms with van der Waals surface area (Å²) >= 11 is 0. The highest BCUT2D eigenvalue weighted by Crippen LogP contribution is 2.28. The zero-order valence-corrected chi connectivity index (χ0v) is 11.2. The first-order chi connectivity index (χ1) is 8.24. The molecule has 1 fully saturated rings. The SMILES string of the molecule is CC1CCC(CN(C)Cc2ccccc2)CC1. The first-order valence-corrected chi connectivity index (χ1v) is 6.96. The van der Waals surface area contributed by atoms with Crippen LogP contribution in [0.3, 0.4) is 0 Å². The predicted molar refractivity (Wildman–Crippen MR) is 73.9 cm³/mol. The van der Waals surface area contributed by atoms with Gasteiger partial charge in [0.05, 0.1) is 0 Å². The molecule has 1 heteroatoms. The molecule has 0 saturated heterocycles. The van der Waals surface area contributed by atoms with Crippen LogP contribution in [0.2, 0.25) is 0 Å². The quantitative estimate of drug-likeness (QED) is 0.758. The van der Waals surface area contributed by atoms with Crippen LogP contribution in [0.5, 0.6) is 0 Å². The Hall–Kier alpha value is -0.820. The van der Waals surface area contributed by atoms with Crippen LogP contribution in [0.25, 0.3) is 0 Å². The first kappa shape index (κ1) is 12.6. The summed E-state index contributed by atoms with van der Waals surface area (Å²) in [6, 6.07) is 10.8. The van der Waals surface area contributed by atoms with Gasteiger partial charge in [0, 0.05) is 13.1 Å². The van der Waals surface area contributed by atoms with E-state index in [0.29, 0.717) is 0 Å². The van der Waals surface area contributed by atoms with E-state index in [1.165, 1.54) is 37.8 Å². The zero-order valence-electron chi connectivity index (χ0n) is 11.2. The normalized spacial score (nSPS) is 25.1. The van der Waals surface area contributed by atoms with Crippen LogP contribution in [-0.2, 0) is 6.54 Å². The molecule has 17 heavy (non-hydrogen) atoms. The van der Waals surface area contributed by atoms with Crippen molar-refractivity contribution < 1.29 is 0 Å². The molecule has 2 rings (SSSR count). The maximum absolute atomic E-state index is 2.48. The fourth-order valence-electron chi connectivity index (χ4n) is 2.91. The molecule has 0 bridgehead atoms. The highest BCUT2D eigenvalue weighted by Gasteiger charge is 2.19. The summed E-state index contributed by atoms with van der Waals surface area (Å²) in [5, 5.41) is 0. The Kier molecular flexibility index (Phi) is 4.61. The van der Waals surface area contributed by atoms with Gasteiger partial charge in [-0.3, -0.25) is 0 Å². The Bertz CT molecular complexity index is 312. The van der Waals surface area contributed by atoms with E-state index in [9.17, 15) is 0 Å². The first-order valence-electron chi connectivity index (χ1n) is 6.96. The van der Waals surface area contributed by atoms with Gasteiger partial charge in [-0.1, -0.05) is 50.1 Å². The molecule has 0 spiro atoms. The molecule has 0 atom stereocenters. The molecule has 0 N–H and O–H groups in total. The van der Waals surface area contributed by atoms with Crippen molar-refractivity contribution in [3.05, 3.63) is 35.9 Å². The summed E-state index contributed by atoms with van der Waals surface area (Å²) in [7, 11) is 2.25. The van der Waals surface area contributed by atoms with Gasteiger partial charge < -0.3 is 4.90 Å². The topological polar surface area (TPSA) is 3.24 Å². The van der Waals surface area contributed by atoms with Crippen LogP contribution in [-0.4, -0.2) is 18.5 Å². The highest BCUT2D eigenvalue weighted by molar-refractivity contribution is 5.14. The minimum Gasteiger partial charge on any atom is -0.302 e. The standard InChI is InChI=1S/C16H25N/c1-14-8-10-16(11-9-14)13-17(2)12-15-6-4-3-5-7-15/h3-7,14,16H,8-13H2,1-2H3. The van der Waals surface area contributed by atoms with Crippen LogP contribution in [0, 0.1) is 11.8 Å². The molecule has 0 aliphatic heterocycles. The zero-order chi connectivity index (χ0) is 12.1. The van der Waals surface area contributed by atoms with Crippen LogP contribution < -0.4 is 0 Å². The van der Waals surface area contributed by atoms with Gasteiger partial charge in [0.2, 0.25) is 0 Å². The van der Waals surface area contributed by atoms with Gasteiger partial charge in [-0.25, -0.2) is 0 Å². The summed E-state index contributed by atoms with van der Waals surface area (Å²) < 4.78 is 0. The van der Waals surface area contributed by atoms with Gasteiger partial charge in [-0.05, 0) is 37.3 Å². The molecule has 1 aliphatic rings. The van der Waals surface area contributed by atoms with Gasteiger partial charge in [-0.2, -0.15) is 0 Å². The molecular weight excluding hydrogens is 206 g/mol. The minimum absolute atomic E-state index is 0.930. The van der Waals surface area contributed by atoms with Gasteiger partial charge in [-0.15, -0.1) is 0 Å². The second kappa shape index (κ2) is 6.20. The van der Waals surface area contributed by atoms with E-state index in [-0.39, 0.29) is 0 Å². The van der Waals surface area contributed by atoms with Crippen molar-refractivity contribution >= 4 is 0 Å². The third-order valence-electron chi connectivity index (χ3n) is 4.00. The summed E-state index contributed by atoms with van der Waals surface area (Å²) in [5.74, 6) is 1.89. The second-order valence-electron chi connectivity index (χ2n) is 5.81. The van der Waals surface area contributed by atoms with Crippen LogP contribution >= 0.6 is 0 Å². The molecule has 1 aromatic carbocycles. The van der Waals surface area contributed by atoms with Gasteiger partial charge in [0.25, 0.3) is 0 Å². The molecule has 0 radical (unpaired) electrons. The number of nitrogens with zero attached hydrogens (tertiary/aromatic N) is 1. The number of rotatable bonds is 4.